The van der Waals surface area contributed by atoms with Crippen LogP contribution in [0.1, 0.15) is 23.5 Å². The molecule has 0 saturated heterocycles. The molecule has 2 rings (SSSR count). The lowest BCUT2D eigenvalue weighted by Gasteiger charge is -2.16. The molecule has 0 unspecified atom stereocenters. The van der Waals surface area contributed by atoms with E-state index < -0.39 is 0 Å². The Morgan fingerprint density at radius 3 is 2.79 bits per heavy atom. The average Bonchev–Trinajstić information content (AvgIpc) is 2.95. The van der Waals surface area contributed by atoms with Crippen molar-refractivity contribution in [3.05, 3.63) is 10.9 Å². The molecule has 0 saturated carbocycles. The van der Waals surface area contributed by atoms with E-state index in [9.17, 15) is 4.79 Å². The molecular formula is C13H15N3OS2. The van der Waals surface area contributed by atoms with Gasteiger partial charge in [-0.15, -0.1) is 17.8 Å². The molecule has 1 N–H and O–H groups in total. The average molecular weight is 293 g/mol. The second kappa shape index (κ2) is 6.04. The normalized spacial score (nSPS) is 10.4. The van der Waals surface area contributed by atoms with Crippen LogP contribution in [0.4, 0.5) is 5.13 Å². The fraction of sp³-hybridized carbons (Fsp3) is 0.385. The number of hydrogen-bond donors (Lipinski definition) is 1. The monoisotopic (exact) mass is 293 g/mol. The number of carbonyl (C=O) groups excluding carboxylic acids is 1. The molecule has 4 nitrogen and oxygen atoms in total. The van der Waals surface area contributed by atoms with Crippen LogP contribution in [0, 0.1) is 12.3 Å². The molecule has 100 valence electrons. The summed E-state index contributed by atoms with van der Waals surface area (Å²) in [5.41, 5.74) is 0. The third-order valence-corrected chi connectivity index (χ3v) is 4.91. The number of fused-ring (bicyclic) bond motifs is 1. The molecule has 2 aromatic heterocycles. The van der Waals surface area contributed by atoms with Crippen molar-refractivity contribution in [3.8, 4) is 12.3 Å². The van der Waals surface area contributed by atoms with Gasteiger partial charge in [-0.25, -0.2) is 4.98 Å². The minimum Gasteiger partial charge on any atom is -0.349 e. The molecule has 0 aliphatic heterocycles. The number of hydrogen-bond acceptors (Lipinski definition) is 5. The number of rotatable bonds is 5. The number of amides is 1. The van der Waals surface area contributed by atoms with Gasteiger partial charge in [-0.2, -0.15) is 0 Å². The maximum absolute atomic E-state index is 11.8. The Bertz CT molecular complexity index is 588. The van der Waals surface area contributed by atoms with Crippen LogP contribution in [0.3, 0.4) is 0 Å². The van der Waals surface area contributed by atoms with E-state index in [4.69, 9.17) is 6.42 Å². The fourth-order valence-corrected chi connectivity index (χ4v) is 3.94. The first-order valence-corrected chi connectivity index (χ1v) is 7.69. The van der Waals surface area contributed by atoms with Gasteiger partial charge in [0.05, 0.1) is 16.1 Å². The molecule has 0 aromatic carbocycles. The van der Waals surface area contributed by atoms with Gasteiger partial charge >= 0.3 is 0 Å². The van der Waals surface area contributed by atoms with Crippen molar-refractivity contribution in [2.45, 2.75) is 13.8 Å². The van der Waals surface area contributed by atoms with Crippen LogP contribution in [0.25, 0.3) is 9.53 Å². The molecule has 2 heterocycles. The molecule has 0 bridgehead atoms. The highest BCUT2D eigenvalue weighted by Gasteiger charge is 2.15. The number of carbonyl (C=O) groups is 1. The van der Waals surface area contributed by atoms with Crippen LogP contribution in [-0.2, 0) is 0 Å². The first-order valence-electron chi connectivity index (χ1n) is 6.06. The quantitative estimate of drug-likeness (QED) is 0.862. The van der Waals surface area contributed by atoms with Gasteiger partial charge in [-0.1, -0.05) is 17.3 Å². The van der Waals surface area contributed by atoms with Gasteiger partial charge < -0.3 is 10.2 Å². The molecule has 0 atom stereocenters. The molecule has 19 heavy (non-hydrogen) atoms. The van der Waals surface area contributed by atoms with Gasteiger partial charge in [-0.05, 0) is 19.9 Å². The summed E-state index contributed by atoms with van der Waals surface area (Å²) in [6.45, 7) is 6.34. The Morgan fingerprint density at radius 1 is 1.47 bits per heavy atom. The maximum Gasteiger partial charge on any atom is 0.262 e. The third-order valence-electron chi connectivity index (χ3n) is 2.69. The second-order valence-electron chi connectivity index (χ2n) is 3.84. The van der Waals surface area contributed by atoms with Crippen LogP contribution in [0.15, 0.2) is 6.07 Å². The fourth-order valence-electron chi connectivity index (χ4n) is 1.68. The molecule has 2 aromatic rings. The predicted molar refractivity (Wildman–Crippen MR) is 82.2 cm³/mol. The van der Waals surface area contributed by atoms with Crippen LogP contribution in [-0.4, -0.2) is 30.5 Å². The van der Waals surface area contributed by atoms with Crippen LogP contribution in [0.5, 0.6) is 0 Å². The van der Waals surface area contributed by atoms with Crippen molar-refractivity contribution < 1.29 is 4.79 Å². The smallest absolute Gasteiger partial charge is 0.262 e. The van der Waals surface area contributed by atoms with Crippen LogP contribution >= 0.6 is 22.7 Å². The highest BCUT2D eigenvalue weighted by Crippen LogP contribution is 2.34. The third kappa shape index (κ3) is 2.88. The van der Waals surface area contributed by atoms with E-state index in [1.165, 1.54) is 11.3 Å². The molecule has 1 amide bonds. The maximum atomic E-state index is 11.8. The van der Waals surface area contributed by atoms with E-state index in [0.717, 1.165) is 27.8 Å². The SMILES string of the molecule is C#CCNC(=O)c1cc2sc(N(CC)CC)nc2s1. The Hall–Kier alpha value is -1.58. The lowest BCUT2D eigenvalue weighted by atomic mass is 10.4. The van der Waals surface area contributed by atoms with E-state index in [0.29, 0.717) is 4.88 Å². The molecule has 0 fully saturated rings. The Morgan fingerprint density at radius 2 is 2.21 bits per heavy atom. The number of nitrogens with zero attached hydrogens (tertiary/aromatic N) is 2. The zero-order chi connectivity index (χ0) is 13.8. The van der Waals surface area contributed by atoms with E-state index in [2.05, 4.69) is 35.0 Å². The summed E-state index contributed by atoms with van der Waals surface area (Å²) in [6, 6.07) is 1.89. The number of anilines is 1. The van der Waals surface area contributed by atoms with Gasteiger partial charge in [0.1, 0.15) is 4.83 Å². The summed E-state index contributed by atoms with van der Waals surface area (Å²) < 4.78 is 1.05. The van der Waals surface area contributed by atoms with Crippen molar-refractivity contribution in [2.75, 3.05) is 24.5 Å². The lowest BCUT2D eigenvalue weighted by Crippen LogP contribution is -2.22. The van der Waals surface area contributed by atoms with Crippen LogP contribution in [0.2, 0.25) is 0 Å². The summed E-state index contributed by atoms with van der Waals surface area (Å²) in [5, 5.41) is 3.68. The largest absolute Gasteiger partial charge is 0.349 e. The van der Waals surface area contributed by atoms with Crippen molar-refractivity contribution >= 4 is 43.2 Å². The molecule has 0 aliphatic rings. The number of nitrogens with one attached hydrogen (secondary N) is 1. The molecule has 0 radical (unpaired) electrons. The molecule has 0 spiro atoms. The number of thiophene rings is 1. The van der Waals surface area contributed by atoms with Crippen molar-refractivity contribution in [2.24, 2.45) is 0 Å². The summed E-state index contributed by atoms with van der Waals surface area (Å²) >= 11 is 3.03. The number of thiazole rings is 1. The van der Waals surface area contributed by atoms with E-state index in [1.54, 1.807) is 11.3 Å². The van der Waals surface area contributed by atoms with E-state index in [-0.39, 0.29) is 12.5 Å². The Balaban J connectivity index is 2.22. The molecular weight excluding hydrogens is 278 g/mol. The summed E-state index contributed by atoms with van der Waals surface area (Å²) in [6.07, 6.45) is 5.12. The first-order chi connectivity index (χ1) is 9.19. The number of aromatic nitrogens is 1. The molecule has 0 aliphatic carbocycles. The van der Waals surface area contributed by atoms with Gasteiger partial charge in [0.2, 0.25) is 0 Å². The minimum atomic E-state index is -0.127. The summed E-state index contributed by atoms with van der Waals surface area (Å²) in [5.74, 6) is 2.26. The van der Waals surface area contributed by atoms with Crippen molar-refractivity contribution in [3.63, 3.8) is 0 Å². The highest BCUT2D eigenvalue weighted by atomic mass is 32.1. The van der Waals surface area contributed by atoms with Crippen molar-refractivity contribution in [1.29, 1.82) is 0 Å². The Kier molecular flexibility index (Phi) is 4.40. The van der Waals surface area contributed by atoms with Gasteiger partial charge in [0, 0.05) is 13.1 Å². The van der Waals surface area contributed by atoms with Gasteiger partial charge in [0.15, 0.2) is 5.13 Å². The number of terminal acetylenes is 1. The minimum absolute atomic E-state index is 0.127. The van der Waals surface area contributed by atoms with Gasteiger partial charge in [0.25, 0.3) is 5.91 Å². The predicted octanol–water partition coefficient (Wildman–Crippen LogP) is 2.57. The van der Waals surface area contributed by atoms with E-state index in [1.807, 2.05) is 6.07 Å². The summed E-state index contributed by atoms with van der Waals surface area (Å²) in [7, 11) is 0. The molecule has 6 heteroatoms. The van der Waals surface area contributed by atoms with E-state index >= 15 is 0 Å². The zero-order valence-corrected chi connectivity index (χ0v) is 12.5. The highest BCUT2D eigenvalue weighted by molar-refractivity contribution is 7.29. The standard InChI is InChI=1S/C13H15N3OS2/c1-4-7-14-11(17)9-8-10-12(18-9)15-13(19-10)16(5-2)6-3/h1,8H,5-7H2,2-3H3,(H,14,17). The summed E-state index contributed by atoms with van der Waals surface area (Å²) in [4.78, 5) is 20.1. The Labute approximate surface area is 120 Å². The van der Waals surface area contributed by atoms with Crippen LogP contribution < -0.4 is 10.2 Å². The topological polar surface area (TPSA) is 45.2 Å². The van der Waals surface area contributed by atoms with Crippen molar-refractivity contribution in [1.82, 2.24) is 10.3 Å². The lowest BCUT2D eigenvalue weighted by molar-refractivity contribution is 0.0963. The second-order valence-corrected chi connectivity index (χ2v) is 5.88. The first kappa shape index (κ1) is 13.8. The zero-order valence-electron chi connectivity index (χ0n) is 10.9. The van der Waals surface area contributed by atoms with Gasteiger partial charge in [-0.3, -0.25) is 4.79 Å².